The predicted octanol–water partition coefficient (Wildman–Crippen LogP) is 3.57. The van der Waals surface area contributed by atoms with Crippen LogP contribution in [0, 0.1) is 17.5 Å². The van der Waals surface area contributed by atoms with E-state index in [4.69, 9.17) is 0 Å². The lowest BCUT2D eigenvalue weighted by atomic mass is 10.00. The number of hydrogen-bond acceptors (Lipinski definition) is 2. The first kappa shape index (κ1) is 17.8. The highest BCUT2D eigenvalue weighted by molar-refractivity contribution is 5.98. The number of carbonyl (C=O) groups is 2. The quantitative estimate of drug-likeness (QED) is 0.876. The summed E-state index contributed by atoms with van der Waals surface area (Å²) in [6, 6.07) is 5.44. The van der Waals surface area contributed by atoms with Crippen LogP contribution >= 0.6 is 0 Å². The number of anilines is 1. The van der Waals surface area contributed by atoms with Gasteiger partial charge in [0.05, 0.1) is 6.04 Å². The van der Waals surface area contributed by atoms with E-state index in [1.54, 1.807) is 19.2 Å². The summed E-state index contributed by atoms with van der Waals surface area (Å²) in [5.41, 5.74) is 1.15. The van der Waals surface area contributed by atoms with Crippen molar-refractivity contribution in [2.24, 2.45) is 0 Å². The number of nitrogens with zero attached hydrogens (tertiary/aromatic N) is 1. The van der Waals surface area contributed by atoms with Gasteiger partial charge >= 0.3 is 6.03 Å². The molecule has 136 valence electrons. The van der Waals surface area contributed by atoms with Crippen molar-refractivity contribution >= 4 is 17.6 Å². The largest absolute Gasteiger partial charge is 0.348 e. The van der Waals surface area contributed by atoms with E-state index in [2.05, 4.69) is 10.6 Å². The molecule has 0 bridgehead atoms. The van der Waals surface area contributed by atoms with Crippen molar-refractivity contribution in [3.8, 4) is 0 Å². The third-order valence-electron chi connectivity index (χ3n) is 4.44. The van der Waals surface area contributed by atoms with Gasteiger partial charge in [0.15, 0.2) is 0 Å². The molecule has 0 aromatic heterocycles. The molecule has 5 nitrogen and oxygen atoms in total. The third kappa shape index (κ3) is 3.22. The molecule has 2 aromatic rings. The Hall–Kier alpha value is -3.03. The lowest BCUT2D eigenvalue weighted by molar-refractivity contribution is 0.0950. The molecule has 1 unspecified atom stereocenters. The number of hydrogen-bond donors (Lipinski definition) is 2. The Bertz CT molecular complexity index is 878. The van der Waals surface area contributed by atoms with Crippen molar-refractivity contribution < 1.29 is 22.8 Å². The van der Waals surface area contributed by atoms with Crippen molar-refractivity contribution in [1.29, 1.82) is 0 Å². The number of benzene rings is 2. The molecule has 0 spiro atoms. The molecule has 3 rings (SSSR count). The molecule has 0 fully saturated rings. The van der Waals surface area contributed by atoms with Gasteiger partial charge in [0.1, 0.15) is 17.5 Å². The van der Waals surface area contributed by atoms with Gasteiger partial charge in [0, 0.05) is 42.5 Å². The third-order valence-corrected chi connectivity index (χ3v) is 4.44. The highest BCUT2D eigenvalue weighted by Gasteiger charge is 2.27. The van der Waals surface area contributed by atoms with Gasteiger partial charge < -0.3 is 15.5 Å². The Morgan fingerprint density at radius 2 is 1.85 bits per heavy atom. The molecule has 0 radical (unpaired) electrons. The van der Waals surface area contributed by atoms with Gasteiger partial charge in [0.25, 0.3) is 5.91 Å². The maximum atomic E-state index is 13.6. The van der Waals surface area contributed by atoms with Crippen LogP contribution in [0.25, 0.3) is 0 Å². The Morgan fingerprint density at radius 3 is 2.50 bits per heavy atom. The van der Waals surface area contributed by atoms with Crippen LogP contribution in [0.1, 0.15) is 34.5 Å². The second-order valence-electron chi connectivity index (χ2n) is 6.05. The van der Waals surface area contributed by atoms with E-state index in [0.29, 0.717) is 17.8 Å². The molecule has 26 heavy (non-hydrogen) atoms. The minimum absolute atomic E-state index is 0.154. The van der Waals surface area contributed by atoms with Gasteiger partial charge in [-0.2, -0.15) is 0 Å². The maximum Gasteiger partial charge on any atom is 0.322 e. The Morgan fingerprint density at radius 1 is 1.19 bits per heavy atom. The van der Waals surface area contributed by atoms with E-state index in [0.717, 1.165) is 5.56 Å². The van der Waals surface area contributed by atoms with E-state index in [1.807, 2.05) is 6.92 Å². The fraction of sp³-hybridized carbons (Fsp3) is 0.222. The average molecular weight is 363 g/mol. The van der Waals surface area contributed by atoms with Crippen LogP contribution in [0.15, 0.2) is 30.3 Å². The first-order chi connectivity index (χ1) is 12.3. The van der Waals surface area contributed by atoms with Crippen molar-refractivity contribution in [2.75, 3.05) is 12.4 Å². The minimum Gasteiger partial charge on any atom is -0.348 e. The van der Waals surface area contributed by atoms with E-state index in [-0.39, 0.29) is 17.6 Å². The van der Waals surface area contributed by atoms with Crippen molar-refractivity contribution in [3.05, 3.63) is 64.5 Å². The highest BCUT2D eigenvalue weighted by atomic mass is 19.1. The number of nitrogens with one attached hydrogen (secondary N) is 2. The highest BCUT2D eigenvalue weighted by Crippen LogP contribution is 2.32. The van der Waals surface area contributed by atoms with Gasteiger partial charge in [-0.3, -0.25) is 4.79 Å². The number of halogens is 3. The van der Waals surface area contributed by atoms with Crippen LogP contribution in [-0.4, -0.2) is 23.9 Å². The van der Waals surface area contributed by atoms with E-state index in [9.17, 15) is 22.8 Å². The van der Waals surface area contributed by atoms with Crippen LogP contribution in [0.4, 0.5) is 23.7 Å². The van der Waals surface area contributed by atoms with Crippen molar-refractivity contribution in [1.82, 2.24) is 10.2 Å². The normalized spacial score (nSPS) is 16.1. The number of amides is 3. The van der Waals surface area contributed by atoms with E-state index < -0.39 is 35.5 Å². The molecule has 8 heteroatoms. The van der Waals surface area contributed by atoms with E-state index in [1.165, 1.54) is 11.0 Å². The van der Waals surface area contributed by atoms with Crippen LogP contribution in [-0.2, 0) is 6.54 Å². The van der Waals surface area contributed by atoms with Crippen LogP contribution < -0.4 is 10.6 Å². The van der Waals surface area contributed by atoms with Crippen LogP contribution in [0.3, 0.4) is 0 Å². The second-order valence-corrected chi connectivity index (χ2v) is 6.05. The van der Waals surface area contributed by atoms with Gasteiger partial charge in [-0.25, -0.2) is 18.0 Å². The molecular weight excluding hydrogens is 347 g/mol. The summed E-state index contributed by atoms with van der Waals surface area (Å²) < 4.78 is 40.2. The Labute approximate surface area is 147 Å². The summed E-state index contributed by atoms with van der Waals surface area (Å²) in [4.78, 5) is 25.7. The molecule has 0 saturated carbocycles. The fourth-order valence-electron chi connectivity index (χ4n) is 2.77. The lowest BCUT2D eigenvalue weighted by Gasteiger charge is -2.32. The summed E-state index contributed by atoms with van der Waals surface area (Å²) >= 11 is 0. The van der Waals surface area contributed by atoms with Gasteiger partial charge in [-0.1, -0.05) is 6.07 Å². The fourth-order valence-corrected chi connectivity index (χ4v) is 2.77. The predicted molar refractivity (Wildman–Crippen MR) is 89.1 cm³/mol. The molecule has 0 saturated heterocycles. The molecule has 0 aliphatic carbocycles. The first-order valence-electron chi connectivity index (χ1n) is 7.87. The first-order valence-corrected chi connectivity index (χ1v) is 7.87. The maximum absolute atomic E-state index is 13.6. The zero-order valence-corrected chi connectivity index (χ0v) is 14.1. The minimum atomic E-state index is -1.07. The molecule has 1 heterocycles. The Balaban J connectivity index is 1.78. The molecule has 2 aromatic carbocycles. The molecule has 1 aliphatic heterocycles. The van der Waals surface area contributed by atoms with Crippen LogP contribution in [0.2, 0.25) is 0 Å². The molecule has 2 N–H and O–H groups in total. The summed E-state index contributed by atoms with van der Waals surface area (Å²) in [6.45, 7) is 1.43. The standard InChI is InChI=1S/C18H16F3N3O2/c1-9-12-4-3-10(5-16(12)23-18(26)24(9)2)17(25)22-8-13-14(20)6-11(19)7-15(13)21/h3-7,9H,8H2,1-2H3,(H,22,25)(H,23,26). The topological polar surface area (TPSA) is 61.4 Å². The van der Waals surface area contributed by atoms with Crippen LogP contribution in [0.5, 0.6) is 0 Å². The SMILES string of the molecule is CC1c2ccc(C(=O)NCc3c(F)cc(F)cc3F)cc2NC(=O)N1C. The van der Waals surface area contributed by atoms with Gasteiger partial charge in [-0.15, -0.1) is 0 Å². The Kier molecular flexibility index (Phi) is 4.58. The number of rotatable bonds is 3. The van der Waals surface area contributed by atoms with Gasteiger partial charge in [-0.05, 0) is 24.6 Å². The number of carbonyl (C=O) groups excluding carboxylic acids is 2. The molecule has 1 aliphatic rings. The second kappa shape index (κ2) is 6.70. The smallest absolute Gasteiger partial charge is 0.322 e. The monoisotopic (exact) mass is 363 g/mol. The summed E-state index contributed by atoms with van der Waals surface area (Å²) in [7, 11) is 1.66. The van der Waals surface area contributed by atoms with Crippen molar-refractivity contribution in [3.63, 3.8) is 0 Å². The summed E-state index contributed by atoms with van der Waals surface area (Å²) in [5, 5.41) is 5.07. The number of urea groups is 1. The zero-order valence-electron chi connectivity index (χ0n) is 14.1. The van der Waals surface area contributed by atoms with E-state index >= 15 is 0 Å². The summed E-state index contributed by atoms with van der Waals surface area (Å²) in [6.07, 6.45) is 0. The van der Waals surface area contributed by atoms with Crippen molar-refractivity contribution in [2.45, 2.75) is 19.5 Å². The zero-order chi connectivity index (χ0) is 19.0. The molecular formula is C18H16F3N3O2. The molecule has 3 amide bonds. The summed E-state index contributed by atoms with van der Waals surface area (Å²) in [5.74, 6) is -3.74. The lowest BCUT2D eigenvalue weighted by Crippen LogP contribution is -2.38. The molecule has 1 atom stereocenters. The average Bonchev–Trinajstić information content (AvgIpc) is 2.58. The van der Waals surface area contributed by atoms with Gasteiger partial charge in [0.2, 0.25) is 0 Å². The number of fused-ring (bicyclic) bond motifs is 1.